The first-order valence-electron chi connectivity index (χ1n) is 11.1. The first kappa shape index (κ1) is 20.8. The predicted molar refractivity (Wildman–Crippen MR) is 131 cm³/mol. The van der Waals surface area contributed by atoms with Crippen molar-refractivity contribution >= 4 is 11.8 Å². The third-order valence-corrected chi connectivity index (χ3v) is 5.59. The van der Waals surface area contributed by atoms with Gasteiger partial charge in [-0.2, -0.15) is 0 Å². The van der Waals surface area contributed by atoms with Gasteiger partial charge < -0.3 is 4.74 Å². The minimum atomic E-state index is -0.286. The summed E-state index contributed by atoms with van der Waals surface area (Å²) in [6, 6.07) is 26.2. The summed E-state index contributed by atoms with van der Waals surface area (Å²) in [4.78, 5) is 8.99. The molecule has 0 radical (unpaired) electrons. The Morgan fingerprint density at radius 1 is 0.848 bits per heavy atom. The lowest BCUT2D eigenvalue weighted by Gasteiger charge is -2.17. The lowest BCUT2D eigenvalue weighted by Crippen LogP contribution is -2.11. The molecule has 33 heavy (non-hydrogen) atoms. The molecule has 0 N–H and O–H groups in total. The third kappa shape index (κ3) is 4.75. The third-order valence-electron chi connectivity index (χ3n) is 5.59. The molecule has 0 amide bonds. The highest BCUT2D eigenvalue weighted by atomic mass is 19.1. The van der Waals surface area contributed by atoms with Crippen LogP contribution in [-0.2, 0) is 0 Å². The van der Waals surface area contributed by atoms with Crippen LogP contribution in [0.1, 0.15) is 24.0 Å². The van der Waals surface area contributed by atoms with Crippen molar-refractivity contribution in [2.75, 3.05) is 6.54 Å². The normalized spacial score (nSPS) is 14.7. The van der Waals surface area contributed by atoms with Gasteiger partial charge in [0.1, 0.15) is 17.3 Å². The van der Waals surface area contributed by atoms with Crippen LogP contribution >= 0.6 is 0 Å². The standard InChI is InChI=1S/C29H23FN2O/c30-27-15-14-21(18-22-8-7-17-32-29(22)23-9-6-16-31-20-23)19-26(27)25-12-4-5-13-28(25)33-24-10-2-1-3-11-24/h1-6,9-16,18-20H,7-8,17H2/b22-18-. The number of halogens is 1. The van der Waals surface area contributed by atoms with E-state index >= 15 is 0 Å². The molecule has 0 fully saturated rings. The van der Waals surface area contributed by atoms with E-state index in [9.17, 15) is 4.39 Å². The van der Waals surface area contributed by atoms with Crippen LogP contribution in [0, 0.1) is 5.82 Å². The molecule has 0 atom stereocenters. The van der Waals surface area contributed by atoms with Crippen LogP contribution in [0.25, 0.3) is 17.2 Å². The number of hydrogen-bond acceptors (Lipinski definition) is 3. The first-order valence-corrected chi connectivity index (χ1v) is 11.1. The van der Waals surface area contributed by atoms with Gasteiger partial charge in [0, 0.05) is 35.6 Å². The van der Waals surface area contributed by atoms with Gasteiger partial charge in [0.05, 0.1) is 5.71 Å². The minimum absolute atomic E-state index is 0.286. The van der Waals surface area contributed by atoms with E-state index in [1.807, 2.05) is 85.1 Å². The fourth-order valence-electron chi connectivity index (χ4n) is 4.03. The fraction of sp³-hybridized carbons (Fsp3) is 0.103. The van der Waals surface area contributed by atoms with E-state index in [0.29, 0.717) is 22.6 Å². The maximum absolute atomic E-state index is 15.0. The van der Waals surface area contributed by atoms with Crippen LogP contribution in [0.2, 0.25) is 0 Å². The molecule has 0 bridgehead atoms. The van der Waals surface area contributed by atoms with Crippen molar-refractivity contribution in [2.24, 2.45) is 4.99 Å². The van der Waals surface area contributed by atoms with E-state index in [-0.39, 0.29) is 5.82 Å². The van der Waals surface area contributed by atoms with Gasteiger partial charge in [0.2, 0.25) is 0 Å². The lowest BCUT2D eigenvalue weighted by molar-refractivity contribution is 0.484. The molecule has 4 heteroatoms. The number of allylic oxidation sites excluding steroid dienone is 1. The second-order valence-corrected chi connectivity index (χ2v) is 7.90. The molecule has 0 aliphatic carbocycles. The van der Waals surface area contributed by atoms with Gasteiger partial charge in [-0.25, -0.2) is 4.39 Å². The Morgan fingerprint density at radius 2 is 1.70 bits per heavy atom. The van der Waals surface area contributed by atoms with Crippen LogP contribution < -0.4 is 4.74 Å². The van der Waals surface area contributed by atoms with Gasteiger partial charge in [-0.15, -0.1) is 0 Å². The molecule has 5 rings (SSSR count). The highest BCUT2D eigenvalue weighted by Gasteiger charge is 2.16. The average molecular weight is 435 g/mol. The number of pyridine rings is 1. The molecule has 4 aromatic rings. The van der Waals surface area contributed by atoms with Crippen LogP contribution in [0.15, 0.2) is 108 Å². The molecule has 0 spiro atoms. The molecule has 3 aromatic carbocycles. The number of rotatable bonds is 5. The summed E-state index contributed by atoms with van der Waals surface area (Å²) in [6.45, 7) is 0.806. The van der Waals surface area contributed by atoms with Crippen molar-refractivity contribution in [3.05, 3.63) is 120 Å². The number of aromatic nitrogens is 1. The monoisotopic (exact) mass is 434 g/mol. The minimum Gasteiger partial charge on any atom is -0.457 e. The predicted octanol–water partition coefficient (Wildman–Crippen LogP) is 7.35. The van der Waals surface area contributed by atoms with E-state index < -0.39 is 0 Å². The Labute approximate surface area is 192 Å². The quantitative estimate of drug-likeness (QED) is 0.329. The van der Waals surface area contributed by atoms with Gasteiger partial charge in [-0.3, -0.25) is 9.98 Å². The summed E-state index contributed by atoms with van der Waals surface area (Å²) >= 11 is 0. The molecular weight excluding hydrogens is 411 g/mol. The topological polar surface area (TPSA) is 34.5 Å². The Kier molecular flexibility index (Phi) is 6.07. The van der Waals surface area contributed by atoms with Gasteiger partial charge >= 0.3 is 0 Å². The van der Waals surface area contributed by atoms with Crippen LogP contribution in [0.3, 0.4) is 0 Å². The van der Waals surface area contributed by atoms with Crippen LogP contribution in [-0.4, -0.2) is 17.2 Å². The van der Waals surface area contributed by atoms with Crippen molar-refractivity contribution in [3.8, 4) is 22.6 Å². The molecule has 162 valence electrons. The SMILES string of the molecule is Fc1ccc(/C=C2/CCCN=C2c2cccnc2)cc1-c1ccccc1Oc1ccccc1. The Hall–Kier alpha value is -4.05. The Bertz CT molecular complexity index is 1310. The molecule has 0 unspecified atom stereocenters. The highest BCUT2D eigenvalue weighted by molar-refractivity contribution is 6.15. The van der Waals surface area contributed by atoms with Crippen LogP contribution in [0.4, 0.5) is 4.39 Å². The van der Waals surface area contributed by atoms with E-state index in [4.69, 9.17) is 9.73 Å². The Morgan fingerprint density at radius 3 is 2.55 bits per heavy atom. The van der Waals surface area contributed by atoms with Crippen molar-refractivity contribution in [3.63, 3.8) is 0 Å². The lowest BCUT2D eigenvalue weighted by atomic mass is 9.93. The summed E-state index contributed by atoms with van der Waals surface area (Å²) in [5.74, 6) is 1.04. The van der Waals surface area contributed by atoms with Gasteiger partial charge in [-0.05, 0) is 72.5 Å². The summed E-state index contributed by atoms with van der Waals surface area (Å²) in [7, 11) is 0. The zero-order valence-corrected chi connectivity index (χ0v) is 18.1. The van der Waals surface area contributed by atoms with E-state index in [0.717, 1.165) is 41.8 Å². The summed E-state index contributed by atoms with van der Waals surface area (Å²) in [5, 5.41) is 0. The smallest absolute Gasteiger partial charge is 0.135 e. The highest BCUT2D eigenvalue weighted by Crippen LogP contribution is 2.35. The number of ether oxygens (including phenoxy) is 1. The average Bonchev–Trinajstić information content (AvgIpc) is 2.87. The molecule has 3 nitrogen and oxygen atoms in total. The van der Waals surface area contributed by atoms with Crippen molar-refractivity contribution in [1.29, 1.82) is 0 Å². The zero-order chi connectivity index (χ0) is 22.5. The number of hydrogen-bond donors (Lipinski definition) is 0. The molecule has 0 saturated carbocycles. The second-order valence-electron chi connectivity index (χ2n) is 7.90. The number of nitrogens with zero attached hydrogens (tertiary/aromatic N) is 2. The number of aliphatic imine (C=N–C) groups is 1. The second kappa shape index (κ2) is 9.61. The molecule has 1 aromatic heterocycles. The molecular formula is C29H23FN2O. The molecule has 1 aliphatic rings. The van der Waals surface area contributed by atoms with Crippen LogP contribution in [0.5, 0.6) is 11.5 Å². The zero-order valence-electron chi connectivity index (χ0n) is 18.1. The van der Waals surface area contributed by atoms with E-state index in [1.54, 1.807) is 6.20 Å². The fourth-order valence-corrected chi connectivity index (χ4v) is 4.03. The van der Waals surface area contributed by atoms with Gasteiger partial charge in [-0.1, -0.05) is 42.5 Å². The van der Waals surface area contributed by atoms with E-state index in [2.05, 4.69) is 11.1 Å². The summed E-state index contributed by atoms with van der Waals surface area (Å²) in [6.07, 6.45) is 7.63. The maximum Gasteiger partial charge on any atom is 0.135 e. The maximum atomic E-state index is 15.0. The molecule has 1 aliphatic heterocycles. The first-order chi connectivity index (χ1) is 16.3. The molecule has 0 saturated heterocycles. The van der Waals surface area contributed by atoms with Gasteiger partial charge in [0.15, 0.2) is 0 Å². The number of para-hydroxylation sites is 2. The Balaban J connectivity index is 1.52. The molecule has 2 heterocycles. The number of benzene rings is 3. The van der Waals surface area contributed by atoms with Crippen molar-refractivity contribution in [1.82, 2.24) is 4.98 Å². The van der Waals surface area contributed by atoms with Crippen molar-refractivity contribution in [2.45, 2.75) is 12.8 Å². The van der Waals surface area contributed by atoms with Gasteiger partial charge in [0.25, 0.3) is 0 Å². The largest absolute Gasteiger partial charge is 0.457 e. The van der Waals surface area contributed by atoms with E-state index in [1.165, 1.54) is 6.07 Å². The summed E-state index contributed by atoms with van der Waals surface area (Å²) < 4.78 is 21.1. The summed E-state index contributed by atoms with van der Waals surface area (Å²) in [5.41, 5.74) is 5.26. The van der Waals surface area contributed by atoms with Crippen molar-refractivity contribution < 1.29 is 9.13 Å².